The Morgan fingerprint density at radius 2 is 1.81 bits per heavy atom. The van der Waals surface area contributed by atoms with E-state index in [0.717, 1.165) is 61.3 Å². The number of rotatable bonds is 8. The summed E-state index contributed by atoms with van der Waals surface area (Å²) in [6.07, 6.45) is 2.99. The summed E-state index contributed by atoms with van der Waals surface area (Å²) in [4.78, 5) is 14.3. The van der Waals surface area contributed by atoms with E-state index in [1.54, 1.807) is 20.3 Å². The highest BCUT2D eigenvalue weighted by molar-refractivity contribution is 6.31. The lowest BCUT2D eigenvalue weighted by Crippen LogP contribution is -2.31. The van der Waals surface area contributed by atoms with Crippen LogP contribution in [0.2, 0.25) is 5.02 Å². The van der Waals surface area contributed by atoms with Crippen LogP contribution in [0.4, 0.5) is 0 Å². The van der Waals surface area contributed by atoms with Crippen LogP contribution in [-0.4, -0.2) is 38.8 Å². The van der Waals surface area contributed by atoms with Gasteiger partial charge in [0.05, 0.1) is 20.8 Å². The number of hydrogen-bond donors (Lipinski definition) is 0. The topological polar surface area (TPSA) is 61.1 Å². The standard InChI is InChI=1S/C25H28ClNO5/c1-16-20-7-6-19(14-21(20)32-25(28)24(16)26)31-11-5-4-9-27-10-8-17-12-22(29-2)23(30-3)13-18(17)15-27/h6-7,12-14H,4-5,8-11,15H2,1-3H3. The Kier molecular flexibility index (Phi) is 6.92. The summed E-state index contributed by atoms with van der Waals surface area (Å²) in [5.41, 5.74) is 3.34. The first-order valence-corrected chi connectivity index (χ1v) is 11.2. The highest BCUT2D eigenvalue weighted by Gasteiger charge is 2.19. The van der Waals surface area contributed by atoms with Gasteiger partial charge in [0.15, 0.2) is 11.5 Å². The number of ether oxygens (including phenoxy) is 3. The molecule has 0 aliphatic carbocycles. The van der Waals surface area contributed by atoms with Gasteiger partial charge in [-0.05, 0) is 73.7 Å². The van der Waals surface area contributed by atoms with Crippen LogP contribution in [0.25, 0.3) is 11.0 Å². The largest absolute Gasteiger partial charge is 0.493 e. The van der Waals surface area contributed by atoms with Gasteiger partial charge in [0.25, 0.3) is 0 Å². The van der Waals surface area contributed by atoms with Gasteiger partial charge in [-0.3, -0.25) is 4.90 Å². The number of halogens is 1. The third kappa shape index (κ3) is 4.71. The van der Waals surface area contributed by atoms with Gasteiger partial charge in [-0.1, -0.05) is 11.6 Å². The average molecular weight is 458 g/mol. The Morgan fingerprint density at radius 1 is 1.06 bits per heavy atom. The maximum absolute atomic E-state index is 11.8. The molecule has 2 aromatic carbocycles. The Hall–Kier alpha value is -2.70. The number of unbranched alkanes of at least 4 members (excludes halogenated alkanes) is 1. The Bertz CT molecular complexity index is 1170. The van der Waals surface area contributed by atoms with Crippen LogP contribution in [-0.2, 0) is 13.0 Å². The zero-order valence-electron chi connectivity index (χ0n) is 18.7. The zero-order chi connectivity index (χ0) is 22.7. The lowest BCUT2D eigenvalue weighted by Gasteiger charge is -2.29. The van der Waals surface area contributed by atoms with Gasteiger partial charge in [0, 0.05) is 24.5 Å². The molecule has 0 N–H and O–H groups in total. The second-order valence-electron chi connectivity index (χ2n) is 8.04. The molecular formula is C25H28ClNO5. The first-order valence-electron chi connectivity index (χ1n) is 10.8. The fraction of sp³-hybridized carbons (Fsp3) is 0.400. The minimum absolute atomic E-state index is 0.129. The lowest BCUT2D eigenvalue weighted by molar-refractivity contribution is 0.234. The normalized spacial score (nSPS) is 13.8. The van der Waals surface area contributed by atoms with E-state index in [4.69, 9.17) is 30.2 Å². The Labute approximate surface area is 192 Å². The molecular weight excluding hydrogens is 430 g/mol. The summed E-state index contributed by atoms with van der Waals surface area (Å²) in [6, 6.07) is 9.71. The molecule has 6 nitrogen and oxygen atoms in total. The van der Waals surface area contributed by atoms with Crippen LogP contribution >= 0.6 is 11.6 Å². The van der Waals surface area contributed by atoms with Crippen molar-refractivity contribution in [1.82, 2.24) is 4.90 Å². The Balaban J connectivity index is 1.27. The minimum Gasteiger partial charge on any atom is -0.493 e. The van der Waals surface area contributed by atoms with Crippen LogP contribution in [0, 0.1) is 6.92 Å². The summed E-state index contributed by atoms with van der Waals surface area (Å²) in [7, 11) is 3.34. The summed E-state index contributed by atoms with van der Waals surface area (Å²) in [5, 5.41) is 0.950. The molecule has 32 heavy (non-hydrogen) atoms. The molecule has 0 amide bonds. The van der Waals surface area contributed by atoms with Crippen molar-refractivity contribution in [2.75, 3.05) is 33.9 Å². The smallest absolute Gasteiger partial charge is 0.355 e. The Morgan fingerprint density at radius 3 is 2.56 bits per heavy atom. The van der Waals surface area contributed by atoms with E-state index >= 15 is 0 Å². The van der Waals surface area contributed by atoms with E-state index in [1.807, 2.05) is 19.1 Å². The average Bonchev–Trinajstić information content (AvgIpc) is 2.81. The van der Waals surface area contributed by atoms with Gasteiger partial charge < -0.3 is 18.6 Å². The summed E-state index contributed by atoms with van der Waals surface area (Å²) in [5.74, 6) is 2.27. The summed E-state index contributed by atoms with van der Waals surface area (Å²) in [6.45, 7) is 5.39. The highest BCUT2D eigenvalue weighted by Crippen LogP contribution is 2.33. The monoisotopic (exact) mass is 457 g/mol. The number of nitrogens with zero attached hydrogens (tertiary/aromatic N) is 1. The van der Waals surface area contributed by atoms with Crippen molar-refractivity contribution in [2.45, 2.75) is 32.7 Å². The van der Waals surface area contributed by atoms with Gasteiger partial charge in [-0.15, -0.1) is 0 Å². The van der Waals surface area contributed by atoms with Crippen molar-refractivity contribution in [3.63, 3.8) is 0 Å². The molecule has 0 saturated heterocycles. The molecule has 170 valence electrons. The van der Waals surface area contributed by atoms with Crippen LogP contribution in [0.15, 0.2) is 39.5 Å². The lowest BCUT2D eigenvalue weighted by atomic mass is 9.98. The van der Waals surface area contributed by atoms with Crippen LogP contribution in [0.1, 0.15) is 29.5 Å². The van der Waals surface area contributed by atoms with Gasteiger partial charge in [-0.2, -0.15) is 0 Å². The van der Waals surface area contributed by atoms with E-state index in [0.29, 0.717) is 17.9 Å². The molecule has 3 aromatic rings. The first kappa shape index (κ1) is 22.5. The van der Waals surface area contributed by atoms with E-state index in [1.165, 1.54) is 11.1 Å². The summed E-state index contributed by atoms with van der Waals surface area (Å²) >= 11 is 5.98. The minimum atomic E-state index is -0.520. The van der Waals surface area contributed by atoms with Gasteiger partial charge in [0.2, 0.25) is 0 Å². The predicted molar refractivity (Wildman–Crippen MR) is 125 cm³/mol. The van der Waals surface area contributed by atoms with Crippen LogP contribution in [0.5, 0.6) is 17.2 Å². The number of fused-ring (bicyclic) bond motifs is 2. The zero-order valence-corrected chi connectivity index (χ0v) is 19.5. The second-order valence-corrected chi connectivity index (χ2v) is 8.42. The van der Waals surface area contributed by atoms with Crippen molar-refractivity contribution in [3.05, 3.63) is 62.5 Å². The van der Waals surface area contributed by atoms with Crippen molar-refractivity contribution in [1.29, 1.82) is 0 Å². The van der Waals surface area contributed by atoms with E-state index < -0.39 is 5.63 Å². The van der Waals surface area contributed by atoms with Crippen molar-refractivity contribution in [2.24, 2.45) is 0 Å². The quantitative estimate of drug-likeness (QED) is 0.351. The molecule has 2 heterocycles. The molecule has 0 spiro atoms. The molecule has 0 bridgehead atoms. The molecule has 0 radical (unpaired) electrons. The van der Waals surface area contributed by atoms with E-state index in [-0.39, 0.29) is 5.02 Å². The molecule has 0 unspecified atom stereocenters. The fourth-order valence-corrected chi connectivity index (χ4v) is 4.30. The van der Waals surface area contributed by atoms with Gasteiger partial charge >= 0.3 is 5.63 Å². The van der Waals surface area contributed by atoms with E-state index in [9.17, 15) is 4.79 Å². The number of aryl methyl sites for hydroxylation is 1. The maximum atomic E-state index is 11.8. The number of hydrogen-bond acceptors (Lipinski definition) is 6. The number of methoxy groups -OCH3 is 2. The third-order valence-corrected chi connectivity index (χ3v) is 6.44. The number of benzene rings is 2. The fourth-order valence-electron chi connectivity index (χ4n) is 4.16. The molecule has 1 aliphatic heterocycles. The molecule has 0 fully saturated rings. The molecule has 4 rings (SSSR count). The van der Waals surface area contributed by atoms with Crippen LogP contribution in [0.3, 0.4) is 0 Å². The molecule has 1 aromatic heterocycles. The molecule has 0 atom stereocenters. The molecule has 1 aliphatic rings. The third-order valence-electron chi connectivity index (χ3n) is 6.00. The van der Waals surface area contributed by atoms with Crippen molar-refractivity contribution in [3.8, 4) is 17.2 Å². The van der Waals surface area contributed by atoms with Crippen molar-refractivity contribution < 1.29 is 18.6 Å². The molecule has 7 heteroatoms. The highest BCUT2D eigenvalue weighted by atomic mass is 35.5. The first-order chi connectivity index (χ1) is 15.5. The van der Waals surface area contributed by atoms with Gasteiger partial charge in [0.1, 0.15) is 16.4 Å². The second kappa shape index (κ2) is 9.84. The van der Waals surface area contributed by atoms with E-state index in [2.05, 4.69) is 17.0 Å². The molecule has 0 saturated carbocycles. The van der Waals surface area contributed by atoms with Crippen molar-refractivity contribution >= 4 is 22.6 Å². The predicted octanol–water partition coefficient (Wildman–Crippen LogP) is 4.99. The van der Waals surface area contributed by atoms with Gasteiger partial charge in [-0.25, -0.2) is 4.79 Å². The maximum Gasteiger partial charge on any atom is 0.355 e. The SMILES string of the molecule is COc1cc2c(cc1OC)CN(CCCCOc1ccc3c(C)c(Cl)c(=O)oc3c1)CC2. The summed E-state index contributed by atoms with van der Waals surface area (Å²) < 4.78 is 22.0. The van der Waals surface area contributed by atoms with Crippen LogP contribution < -0.4 is 19.8 Å².